The predicted molar refractivity (Wildman–Crippen MR) is 144 cm³/mol. The lowest BCUT2D eigenvalue weighted by atomic mass is 9.97. The van der Waals surface area contributed by atoms with Gasteiger partial charge in [0.05, 0.1) is 13.0 Å². The second-order valence-electron chi connectivity index (χ2n) is 10.4. The number of aryl methyl sites for hydroxylation is 1. The third-order valence-electron chi connectivity index (χ3n) is 5.36. The third-order valence-corrected chi connectivity index (χ3v) is 5.36. The molecule has 0 aliphatic carbocycles. The summed E-state index contributed by atoms with van der Waals surface area (Å²) in [5.41, 5.74) is -0.0526. The minimum Gasteiger partial charge on any atom is -0.507 e. The van der Waals surface area contributed by atoms with E-state index in [0.717, 1.165) is 0 Å². The quantitative estimate of drug-likeness (QED) is 0.260. The second-order valence-corrected chi connectivity index (χ2v) is 10.4. The van der Waals surface area contributed by atoms with E-state index in [1.165, 1.54) is 11.0 Å². The zero-order valence-corrected chi connectivity index (χ0v) is 23.6. The van der Waals surface area contributed by atoms with Crippen molar-refractivity contribution in [3.8, 4) is 5.75 Å². The van der Waals surface area contributed by atoms with Gasteiger partial charge in [-0.1, -0.05) is 38.1 Å². The highest BCUT2D eigenvalue weighted by atomic mass is 16.6. The van der Waals surface area contributed by atoms with Gasteiger partial charge in [0.1, 0.15) is 23.4 Å². The Morgan fingerprint density at radius 2 is 1.84 bits per heavy atom. The minimum atomic E-state index is -1.27. The Morgan fingerprint density at radius 3 is 2.39 bits per heavy atom. The number of ether oxygens (including phenoxy) is 2. The van der Waals surface area contributed by atoms with Gasteiger partial charge in [-0.05, 0) is 52.5 Å². The molecule has 3 amide bonds. The molecule has 212 valence electrons. The van der Waals surface area contributed by atoms with Gasteiger partial charge in [-0.15, -0.1) is 6.58 Å². The van der Waals surface area contributed by atoms with Crippen LogP contribution in [0.2, 0.25) is 0 Å². The third kappa shape index (κ3) is 10.4. The highest BCUT2D eigenvalue weighted by molar-refractivity contribution is 5.92. The fourth-order valence-corrected chi connectivity index (χ4v) is 3.78. The van der Waals surface area contributed by atoms with Crippen molar-refractivity contribution in [2.45, 2.75) is 79.0 Å². The summed E-state index contributed by atoms with van der Waals surface area (Å²) in [4.78, 5) is 53.0. The monoisotopic (exact) mass is 533 g/mol. The Kier molecular flexibility index (Phi) is 12.8. The number of esters is 1. The molecule has 0 aliphatic rings. The summed E-state index contributed by atoms with van der Waals surface area (Å²) in [5, 5.41) is 16.2. The summed E-state index contributed by atoms with van der Waals surface area (Å²) in [7, 11) is 0. The zero-order valence-electron chi connectivity index (χ0n) is 23.6. The van der Waals surface area contributed by atoms with Gasteiger partial charge in [0.2, 0.25) is 11.8 Å². The Morgan fingerprint density at radius 1 is 1.18 bits per heavy atom. The molecular formula is C28H43N3O7. The molecule has 0 aliphatic heterocycles. The van der Waals surface area contributed by atoms with E-state index in [-0.39, 0.29) is 49.8 Å². The van der Waals surface area contributed by atoms with E-state index in [2.05, 4.69) is 17.2 Å². The number of hydrogen-bond acceptors (Lipinski definition) is 7. The zero-order chi connectivity index (χ0) is 29.0. The molecule has 0 radical (unpaired) electrons. The fourth-order valence-electron chi connectivity index (χ4n) is 3.78. The first-order valence-electron chi connectivity index (χ1n) is 12.8. The van der Waals surface area contributed by atoms with Crippen molar-refractivity contribution in [3.63, 3.8) is 0 Å². The first-order valence-corrected chi connectivity index (χ1v) is 12.8. The van der Waals surface area contributed by atoms with Crippen LogP contribution in [0.5, 0.6) is 5.75 Å². The number of nitrogens with zero attached hydrogens (tertiary/aromatic N) is 1. The Labute approximate surface area is 225 Å². The average Bonchev–Trinajstić information content (AvgIpc) is 2.79. The van der Waals surface area contributed by atoms with E-state index in [1.807, 2.05) is 13.8 Å². The summed E-state index contributed by atoms with van der Waals surface area (Å²) in [6.07, 6.45) is 0.924. The van der Waals surface area contributed by atoms with E-state index in [4.69, 9.17) is 9.47 Å². The highest BCUT2D eigenvalue weighted by Gasteiger charge is 2.37. The van der Waals surface area contributed by atoms with Crippen LogP contribution in [0.15, 0.2) is 30.9 Å². The van der Waals surface area contributed by atoms with Gasteiger partial charge in [0, 0.05) is 18.7 Å². The summed E-state index contributed by atoms with van der Waals surface area (Å²) in [5.74, 6) is -1.74. The normalized spacial score (nSPS) is 12.7. The average molecular weight is 534 g/mol. The van der Waals surface area contributed by atoms with Crippen LogP contribution >= 0.6 is 0 Å². The van der Waals surface area contributed by atoms with Crippen molar-refractivity contribution < 1.29 is 33.8 Å². The molecule has 1 rings (SSSR count). The Balaban J connectivity index is 3.44. The van der Waals surface area contributed by atoms with Crippen LogP contribution in [-0.4, -0.2) is 65.2 Å². The first kappa shape index (κ1) is 32.5. The van der Waals surface area contributed by atoms with Crippen LogP contribution in [0.25, 0.3) is 0 Å². The molecule has 0 fully saturated rings. The molecule has 10 nitrogen and oxygen atoms in total. The van der Waals surface area contributed by atoms with Crippen molar-refractivity contribution >= 4 is 23.9 Å². The van der Waals surface area contributed by atoms with Crippen LogP contribution in [0, 0.1) is 12.8 Å². The number of amides is 3. The number of benzene rings is 1. The largest absolute Gasteiger partial charge is 0.507 e. The molecule has 2 unspecified atom stereocenters. The minimum absolute atomic E-state index is 0.0219. The number of carbonyl (C=O) groups is 4. The number of phenolic OH excluding ortho intramolecular Hbond substituents is 1. The van der Waals surface area contributed by atoms with E-state index in [0.29, 0.717) is 5.56 Å². The molecule has 38 heavy (non-hydrogen) atoms. The standard InChI is InChI=1S/C28H43N3O7/c1-9-16-31(26(35)21(17-18(3)4)30-27(36)38-28(6,7)8)23(20-13-11-12-19(5)24(20)33)25(34)29-15-14-22(32)37-10-2/h9,11-13,18,21,23,33H,1,10,14-17H2,2-8H3,(H,29,34)(H,30,36). The van der Waals surface area contributed by atoms with Gasteiger partial charge in [0.25, 0.3) is 0 Å². The number of alkyl carbamates (subject to hydrolysis) is 1. The first-order chi connectivity index (χ1) is 17.7. The van der Waals surface area contributed by atoms with Crippen molar-refractivity contribution in [1.29, 1.82) is 0 Å². The molecule has 1 aromatic rings. The lowest BCUT2D eigenvalue weighted by molar-refractivity contribution is -0.144. The molecule has 10 heteroatoms. The highest BCUT2D eigenvalue weighted by Crippen LogP contribution is 2.32. The van der Waals surface area contributed by atoms with E-state index < -0.39 is 41.6 Å². The summed E-state index contributed by atoms with van der Waals surface area (Å²) in [6, 6.07) is 2.63. The van der Waals surface area contributed by atoms with Crippen molar-refractivity contribution in [2.75, 3.05) is 19.7 Å². The topological polar surface area (TPSA) is 134 Å². The van der Waals surface area contributed by atoms with Gasteiger partial charge in [0.15, 0.2) is 0 Å². The molecule has 3 N–H and O–H groups in total. The summed E-state index contributed by atoms with van der Waals surface area (Å²) >= 11 is 0. The van der Waals surface area contributed by atoms with Crippen LogP contribution in [0.3, 0.4) is 0 Å². The van der Waals surface area contributed by atoms with Crippen LogP contribution in [0.1, 0.15) is 71.6 Å². The maximum absolute atomic E-state index is 13.9. The summed E-state index contributed by atoms with van der Waals surface area (Å²) < 4.78 is 10.3. The van der Waals surface area contributed by atoms with Gasteiger partial charge < -0.3 is 30.1 Å². The molecule has 0 aromatic heterocycles. The van der Waals surface area contributed by atoms with Gasteiger partial charge in [-0.25, -0.2) is 4.79 Å². The number of carbonyl (C=O) groups excluding carboxylic acids is 4. The van der Waals surface area contributed by atoms with E-state index in [1.54, 1.807) is 52.8 Å². The molecule has 0 spiro atoms. The predicted octanol–water partition coefficient (Wildman–Crippen LogP) is 3.77. The van der Waals surface area contributed by atoms with Crippen molar-refractivity contribution in [3.05, 3.63) is 42.0 Å². The van der Waals surface area contributed by atoms with Crippen LogP contribution < -0.4 is 10.6 Å². The van der Waals surface area contributed by atoms with E-state index in [9.17, 15) is 24.3 Å². The van der Waals surface area contributed by atoms with Crippen LogP contribution in [0.4, 0.5) is 4.79 Å². The number of rotatable bonds is 13. The Bertz CT molecular complexity index is 985. The number of hydrogen-bond donors (Lipinski definition) is 3. The van der Waals surface area contributed by atoms with E-state index >= 15 is 0 Å². The SMILES string of the molecule is C=CCN(C(=O)C(CC(C)C)NC(=O)OC(C)(C)C)C(C(=O)NCCC(=O)OCC)c1cccc(C)c1O. The summed E-state index contributed by atoms with van der Waals surface area (Å²) in [6.45, 7) is 16.2. The molecule has 0 bridgehead atoms. The molecule has 0 saturated carbocycles. The molecule has 0 heterocycles. The number of para-hydroxylation sites is 1. The van der Waals surface area contributed by atoms with Gasteiger partial charge in [-0.2, -0.15) is 0 Å². The lowest BCUT2D eigenvalue weighted by Crippen LogP contribution is -2.53. The number of nitrogens with one attached hydrogen (secondary N) is 2. The fraction of sp³-hybridized carbons (Fsp3) is 0.571. The van der Waals surface area contributed by atoms with Crippen molar-refractivity contribution in [1.82, 2.24) is 15.5 Å². The second kappa shape index (κ2) is 15.0. The number of aromatic hydroxyl groups is 1. The maximum atomic E-state index is 13.9. The molecule has 2 atom stereocenters. The lowest BCUT2D eigenvalue weighted by Gasteiger charge is -2.34. The number of phenols is 1. The molecule has 1 aromatic carbocycles. The van der Waals surface area contributed by atoms with Crippen molar-refractivity contribution in [2.24, 2.45) is 5.92 Å². The van der Waals surface area contributed by atoms with Gasteiger partial charge >= 0.3 is 12.1 Å². The molecule has 0 saturated heterocycles. The van der Waals surface area contributed by atoms with Crippen LogP contribution in [-0.2, 0) is 23.9 Å². The van der Waals surface area contributed by atoms with Gasteiger partial charge in [-0.3, -0.25) is 14.4 Å². The maximum Gasteiger partial charge on any atom is 0.408 e. The Hall–Kier alpha value is -3.56. The molecular weight excluding hydrogens is 490 g/mol. The smallest absolute Gasteiger partial charge is 0.408 e.